The van der Waals surface area contributed by atoms with Gasteiger partial charge in [0.1, 0.15) is 29.9 Å². The molecule has 47 heavy (non-hydrogen) atoms. The summed E-state index contributed by atoms with van der Waals surface area (Å²) < 4.78 is 10.3. The Hall–Kier alpha value is -4.36. The lowest BCUT2D eigenvalue weighted by Crippen LogP contribution is -2.71. The number of rotatable bonds is 13. The summed E-state index contributed by atoms with van der Waals surface area (Å²) in [4.78, 5) is 82.3. The van der Waals surface area contributed by atoms with Crippen LogP contribution in [-0.4, -0.2) is 82.9 Å². The standard InChI is InChI=1S/C27H28N6O10S2.2ClH/c1-3-4-5-15-11-44-24-20(31-22(35)19(32-39-2)17-12-45-27(29)30-17)23(36)33(24)21(15)26(38)41-13-40-25(37)14-6-8-16(9-7-14)42-43-18(34)10-28;;/h4-9,12,20,24H,3,10-11,13,28H2,1-2H3,(H2,29,30)(H,31,35);2*1H/b5-4-,32-19-;;. The fraction of sp³-hybridized carbons (Fsp3) is 0.296. The first kappa shape index (κ1) is 38.8. The zero-order valence-electron chi connectivity index (χ0n) is 24.7. The van der Waals surface area contributed by atoms with Crippen LogP contribution in [-0.2, 0) is 38.4 Å². The molecule has 1 aromatic carbocycles. The van der Waals surface area contributed by atoms with Crippen molar-refractivity contribution in [3.8, 4) is 5.75 Å². The smallest absolute Gasteiger partial charge is 0.368 e. The first-order valence-corrected chi connectivity index (χ1v) is 15.1. The van der Waals surface area contributed by atoms with Crippen molar-refractivity contribution in [2.75, 3.05) is 31.9 Å². The van der Waals surface area contributed by atoms with Crippen molar-refractivity contribution in [2.24, 2.45) is 10.9 Å². The van der Waals surface area contributed by atoms with E-state index in [-0.39, 0.29) is 64.9 Å². The summed E-state index contributed by atoms with van der Waals surface area (Å²) in [6.07, 6.45) is 4.21. The van der Waals surface area contributed by atoms with Gasteiger partial charge in [0.25, 0.3) is 11.8 Å². The van der Waals surface area contributed by atoms with Crippen LogP contribution >= 0.6 is 47.9 Å². The molecule has 0 bridgehead atoms. The number of thioether (sulfide) groups is 1. The van der Waals surface area contributed by atoms with Crippen LogP contribution in [0.1, 0.15) is 29.4 Å². The SMILES string of the molecule is CC/C=C\C1=C(C(=O)OCOC(=O)c2ccc(OOC(=O)CN)cc2)N2C(=O)C(NC(=O)/C(=N\OC)c3csc(N)n3)C2SC1.Cl.Cl. The van der Waals surface area contributed by atoms with Gasteiger partial charge in [-0.25, -0.2) is 24.3 Å². The van der Waals surface area contributed by atoms with E-state index in [0.717, 1.165) is 11.3 Å². The lowest BCUT2D eigenvalue weighted by molar-refractivity contribution is -0.211. The number of thiazole rings is 1. The second kappa shape index (κ2) is 18.1. The van der Waals surface area contributed by atoms with Crippen molar-refractivity contribution in [3.63, 3.8) is 0 Å². The molecule has 2 atom stereocenters. The van der Waals surface area contributed by atoms with Gasteiger partial charge >= 0.3 is 17.9 Å². The van der Waals surface area contributed by atoms with Crippen LogP contribution in [0.15, 0.2) is 58.2 Å². The Bertz CT molecular complexity index is 1570. The number of nitrogens with zero attached hydrogens (tertiary/aromatic N) is 3. The van der Waals surface area contributed by atoms with Crippen molar-refractivity contribution >= 4 is 88.5 Å². The quantitative estimate of drug-likeness (QED) is 0.0666. The number of hydrogen-bond donors (Lipinski definition) is 3. The number of amides is 2. The monoisotopic (exact) mass is 732 g/mol. The highest BCUT2D eigenvalue weighted by atomic mass is 35.5. The number of halogens is 2. The maximum Gasteiger partial charge on any atom is 0.368 e. The third-order valence-electron chi connectivity index (χ3n) is 6.06. The molecule has 0 aliphatic carbocycles. The zero-order valence-corrected chi connectivity index (χ0v) is 28.0. The molecule has 2 amide bonds. The van der Waals surface area contributed by atoms with E-state index in [1.54, 1.807) is 6.08 Å². The van der Waals surface area contributed by atoms with E-state index in [1.807, 2.05) is 13.0 Å². The van der Waals surface area contributed by atoms with Crippen molar-refractivity contribution < 1.29 is 48.1 Å². The second-order valence-electron chi connectivity index (χ2n) is 8.99. The van der Waals surface area contributed by atoms with E-state index in [9.17, 15) is 24.0 Å². The normalized spacial score (nSPS) is 17.0. The summed E-state index contributed by atoms with van der Waals surface area (Å²) >= 11 is 2.45. The first-order valence-electron chi connectivity index (χ1n) is 13.2. The number of nitrogens with two attached hydrogens (primary N) is 2. The summed E-state index contributed by atoms with van der Waals surface area (Å²) in [5, 5.41) is 7.48. The van der Waals surface area contributed by atoms with E-state index in [1.165, 1.54) is 53.4 Å². The molecular formula is C27H30Cl2N6O10S2. The number of nitrogens with one attached hydrogen (secondary N) is 1. The highest BCUT2D eigenvalue weighted by Gasteiger charge is 2.54. The van der Waals surface area contributed by atoms with Gasteiger partial charge in [0, 0.05) is 11.1 Å². The molecule has 2 aliphatic rings. The molecule has 1 saturated heterocycles. The maximum absolute atomic E-state index is 13.3. The van der Waals surface area contributed by atoms with Gasteiger partial charge in [-0.3, -0.25) is 19.4 Å². The third-order valence-corrected chi connectivity index (χ3v) is 8.04. The first-order chi connectivity index (χ1) is 21.7. The number of ether oxygens (including phenoxy) is 2. The zero-order chi connectivity index (χ0) is 32.5. The molecule has 16 nitrogen and oxygen atoms in total. The van der Waals surface area contributed by atoms with E-state index in [4.69, 9.17) is 30.7 Å². The number of fused-ring (bicyclic) bond motifs is 1. The Morgan fingerprint density at radius 1 is 1.15 bits per heavy atom. The second-order valence-corrected chi connectivity index (χ2v) is 11.0. The van der Waals surface area contributed by atoms with Gasteiger partial charge in [-0.2, -0.15) is 0 Å². The number of anilines is 1. The van der Waals surface area contributed by atoms with E-state index in [2.05, 4.69) is 20.3 Å². The number of aromatic nitrogens is 1. The molecule has 2 unspecified atom stereocenters. The molecule has 2 aromatic rings. The molecule has 1 aromatic heterocycles. The Morgan fingerprint density at radius 3 is 2.47 bits per heavy atom. The Balaban J connectivity index is 0.00000384. The minimum Gasteiger partial charge on any atom is -0.424 e. The average molecular weight is 734 g/mol. The molecule has 1 fully saturated rings. The van der Waals surface area contributed by atoms with Crippen LogP contribution < -0.4 is 21.7 Å². The van der Waals surface area contributed by atoms with Crippen molar-refractivity contribution in [1.82, 2.24) is 15.2 Å². The molecule has 3 heterocycles. The molecule has 0 spiro atoms. The number of hydrogen-bond acceptors (Lipinski definition) is 16. The molecule has 0 radical (unpaired) electrons. The summed E-state index contributed by atoms with van der Waals surface area (Å²) in [7, 11) is 1.26. The largest absolute Gasteiger partial charge is 0.424 e. The van der Waals surface area contributed by atoms with Gasteiger partial charge in [0.15, 0.2) is 16.6 Å². The summed E-state index contributed by atoms with van der Waals surface area (Å²) in [5.74, 6) is -3.30. The van der Waals surface area contributed by atoms with Crippen LogP contribution in [0.4, 0.5) is 5.13 Å². The predicted octanol–water partition coefficient (Wildman–Crippen LogP) is 1.69. The maximum atomic E-state index is 13.3. The van der Waals surface area contributed by atoms with Gasteiger partial charge in [0.2, 0.25) is 6.79 Å². The van der Waals surface area contributed by atoms with Gasteiger partial charge in [-0.1, -0.05) is 24.2 Å². The number of allylic oxidation sites excluding steroid dienone is 2. The Labute approximate surface area is 288 Å². The molecule has 0 saturated carbocycles. The van der Waals surface area contributed by atoms with Crippen LogP contribution in [0, 0.1) is 0 Å². The lowest BCUT2D eigenvalue weighted by atomic mass is 10.0. The minimum atomic E-state index is -0.983. The molecule has 254 valence electrons. The number of oxime groups is 1. The topological polar surface area (TPSA) is 224 Å². The van der Waals surface area contributed by atoms with Crippen LogP contribution in [0.5, 0.6) is 5.75 Å². The lowest BCUT2D eigenvalue weighted by Gasteiger charge is -2.49. The highest BCUT2D eigenvalue weighted by Crippen LogP contribution is 2.41. The number of β-lactam (4-membered cyclic amide) rings is 1. The van der Waals surface area contributed by atoms with Gasteiger partial charge in [-0.15, -0.1) is 47.9 Å². The molecule has 4 rings (SSSR count). The predicted molar refractivity (Wildman–Crippen MR) is 175 cm³/mol. The van der Waals surface area contributed by atoms with Gasteiger partial charge in [-0.05, 0) is 36.3 Å². The van der Waals surface area contributed by atoms with Crippen molar-refractivity contribution in [2.45, 2.75) is 24.8 Å². The third kappa shape index (κ3) is 9.35. The fourth-order valence-electron chi connectivity index (χ4n) is 3.99. The minimum absolute atomic E-state index is 0. The number of esters is 2. The van der Waals surface area contributed by atoms with E-state index >= 15 is 0 Å². The Kier molecular flexibility index (Phi) is 15.0. The summed E-state index contributed by atoms with van der Waals surface area (Å²) in [5.41, 5.74) is 11.4. The Morgan fingerprint density at radius 2 is 1.85 bits per heavy atom. The highest BCUT2D eigenvalue weighted by molar-refractivity contribution is 8.00. The van der Waals surface area contributed by atoms with E-state index in [0.29, 0.717) is 17.7 Å². The number of carbonyl (C=O) groups excluding carboxylic acids is 5. The molecule has 5 N–H and O–H groups in total. The number of carbonyl (C=O) groups is 5. The van der Waals surface area contributed by atoms with Crippen LogP contribution in [0.25, 0.3) is 0 Å². The fourth-order valence-corrected chi connectivity index (χ4v) is 5.85. The molecule has 2 aliphatic heterocycles. The number of benzene rings is 1. The average Bonchev–Trinajstić information content (AvgIpc) is 3.48. The molecular weight excluding hydrogens is 703 g/mol. The summed E-state index contributed by atoms with van der Waals surface area (Å²) in [6.45, 7) is 0.800. The van der Waals surface area contributed by atoms with E-state index < -0.39 is 47.9 Å². The number of nitrogen functional groups attached to an aromatic ring is 1. The van der Waals surface area contributed by atoms with Gasteiger partial charge < -0.3 is 31.1 Å². The van der Waals surface area contributed by atoms with Crippen LogP contribution in [0.3, 0.4) is 0 Å². The van der Waals surface area contributed by atoms with Crippen LogP contribution in [0.2, 0.25) is 0 Å². The van der Waals surface area contributed by atoms with Crippen molar-refractivity contribution in [1.29, 1.82) is 0 Å². The molecule has 20 heteroatoms. The van der Waals surface area contributed by atoms with Gasteiger partial charge in [0.05, 0.1) is 12.1 Å². The van der Waals surface area contributed by atoms with Crippen molar-refractivity contribution in [3.05, 3.63) is 64.3 Å². The summed E-state index contributed by atoms with van der Waals surface area (Å²) in [6, 6.07) is 4.40.